The monoisotopic (exact) mass is 316 g/mol. The molecule has 23 heavy (non-hydrogen) atoms. The van der Waals surface area contributed by atoms with E-state index in [4.69, 9.17) is 4.74 Å². The molecule has 0 radical (unpaired) electrons. The number of ether oxygens (including phenoxy) is 1. The lowest BCUT2D eigenvalue weighted by atomic mass is 10.2. The van der Waals surface area contributed by atoms with Crippen molar-refractivity contribution >= 4 is 17.3 Å². The fraction of sp³-hybridized carbons (Fsp3) is 0.471. The highest BCUT2D eigenvalue weighted by Gasteiger charge is 2.21. The van der Waals surface area contributed by atoms with Gasteiger partial charge in [-0.05, 0) is 39.3 Å². The molecule has 124 valence electrons. The van der Waals surface area contributed by atoms with Crippen LogP contribution in [-0.2, 0) is 11.3 Å². The number of fused-ring (bicyclic) bond motifs is 1. The van der Waals surface area contributed by atoms with Crippen molar-refractivity contribution in [3.63, 3.8) is 0 Å². The first kappa shape index (κ1) is 17.0. The molecule has 0 aliphatic rings. The van der Waals surface area contributed by atoms with E-state index >= 15 is 0 Å². The smallest absolute Gasteiger partial charge is 0.410 e. The molecule has 0 bridgehead atoms. The Morgan fingerprint density at radius 2 is 2.22 bits per heavy atom. The van der Waals surface area contributed by atoms with Gasteiger partial charge in [-0.15, -0.1) is 6.58 Å². The topological polar surface area (TPSA) is 60.2 Å². The van der Waals surface area contributed by atoms with Crippen LogP contribution in [0.25, 0.3) is 11.2 Å². The normalized spacial score (nSPS) is 11.4. The summed E-state index contributed by atoms with van der Waals surface area (Å²) in [6.45, 7) is 11.1. The maximum Gasteiger partial charge on any atom is 0.410 e. The summed E-state index contributed by atoms with van der Waals surface area (Å²) in [4.78, 5) is 22.3. The highest BCUT2D eigenvalue weighted by Crippen LogP contribution is 2.12. The lowest BCUT2D eigenvalue weighted by Crippen LogP contribution is -2.37. The maximum atomic E-state index is 12.2. The number of carbonyl (C=O) groups is 1. The minimum absolute atomic E-state index is 0.311. The van der Waals surface area contributed by atoms with Crippen molar-refractivity contribution in [1.29, 1.82) is 0 Å². The molecule has 0 aliphatic carbocycles. The third-order valence-electron chi connectivity index (χ3n) is 3.22. The Balaban J connectivity index is 1.94. The van der Waals surface area contributed by atoms with Crippen LogP contribution < -0.4 is 0 Å². The van der Waals surface area contributed by atoms with Crippen LogP contribution in [0.15, 0.2) is 37.3 Å². The van der Waals surface area contributed by atoms with Gasteiger partial charge in [-0.2, -0.15) is 0 Å². The zero-order valence-electron chi connectivity index (χ0n) is 14.0. The Kier molecular flexibility index (Phi) is 5.36. The number of pyridine rings is 1. The highest BCUT2D eigenvalue weighted by molar-refractivity contribution is 5.70. The van der Waals surface area contributed by atoms with Crippen molar-refractivity contribution in [2.75, 3.05) is 13.1 Å². The van der Waals surface area contributed by atoms with Crippen LogP contribution in [0.1, 0.15) is 27.2 Å². The minimum atomic E-state index is -0.497. The zero-order valence-corrected chi connectivity index (χ0v) is 14.0. The third kappa shape index (κ3) is 4.81. The summed E-state index contributed by atoms with van der Waals surface area (Å²) in [5.41, 5.74) is 1.24. The lowest BCUT2D eigenvalue weighted by Gasteiger charge is -2.26. The fourth-order valence-electron chi connectivity index (χ4n) is 2.25. The summed E-state index contributed by atoms with van der Waals surface area (Å²) in [7, 11) is 0. The van der Waals surface area contributed by atoms with E-state index in [-0.39, 0.29) is 6.09 Å². The molecule has 1 amide bonds. The number of imidazole rings is 1. The van der Waals surface area contributed by atoms with Gasteiger partial charge < -0.3 is 14.2 Å². The number of carbonyl (C=O) groups excluding carboxylic acids is 1. The van der Waals surface area contributed by atoms with Gasteiger partial charge in [0.15, 0.2) is 5.65 Å². The van der Waals surface area contributed by atoms with Gasteiger partial charge >= 0.3 is 6.09 Å². The Bertz CT molecular complexity index is 673. The van der Waals surface area contributed by atoms with Crippen molar-refractivity contribution in [1.82, 2.24) is 19.4 Å². The number of rotatable bonds is 6. The van der Waals surface area contributed by atoms with Gasteiger partial charge in [0, 0.05) is 25.8 Å². The molecule has 0 aromatic carbocycles. The van der Waals surface area contributed by atoms with Crippen LogP contribution in [0, 0.1) is 0 Å². The van der Waals surface area contributed by atoms with Crippen LogP contribution in [-0.4, -0.2) is 44.2 Å². The maximum absolute atomic E-state index is 12.2. The molecule has 6 heteroatoms. The van der Waals surface area contributed by atoms with Gasteiger partial charge in [0.2, 0.25) is 0 Å². The SMILES string of the molecule is C=CCN(CCCn1cnc2ncccc21)C(=O)OC(C)(C)C. The molecule has 0 saturated heterocycles. The standard InChI is InChI=1S/C17H24N4O2/c1-5-10-20(16(22)23-17(2,3)4)11-7-12-21-13-19-15-14(21)8-6-9-18-15/h5-6,8-9,13H,1,7,10-12H2,2-4H3. The van der Waals surface area contributed by atoms with Crippen molar-refractivity contribution < 1.29 is 9.53 Å². The molecular formula is C17H24N4O2. The van der Waals surface area contributed by atoms with Gasteiger partial charge in [-0.3, -0.25) is 0 Å². The minimum Gasteiger partial charge on any atom is -0.444 e. The van der Waals surface area contributed by atoms with Crippen molar-refractivity contribution in [2.45, 2.75) is 39.3 Å². The molecule has 0 saturated carbocycles. The van der Waals surface area contributed by atoms with E-state index in [1.807, 2.05) is 37.5 Å². The van der Waals surface area contributed by atoms with E-state index < -0.39 is 5.60 Å². The molecule has 0 N–H and O–H groups in total. The first-order chi connectivity index (χ1) is 10.9. The van der Waals surface area contributed by atoms with Crippen LogP contribution in [0.4, 0.5) is 4.79 Å². The molecule has 2 aromatic heterocycles. The summed E-state index contributed by atoms with van der Waals surface area (Å²) >= 11 is 0. The Labute approximate surface area is 136 Å². The Morgan fingerprint density at radius 1 is 1.43 bits per heavy atom. The fourth-order valence-corrected chi connectivity index (χ4v) is 2.25. The molecule has 0 spiro atoms. The molecule has 2 aromatic rings. The number of nitrogens with zero attached hydrogens (tertiary/aromatic N) is 4. The third-order valence-corrected chi connectivity index (χ3v) is 3.22. The van der Waals surface area contributed by atoms with Gasteiger partial charge in [0.1, 0.15) is 5.60 Å². The second-order valence-corrected chi connectivity index (χ2v) is 6.35. The predicted molar refractivity (Wildman–Crippen MR) is 90.1 cm³/mol. The number of amides is 1. The van der Waals surface area contributed by atoms with Gasteiger partial charge in [0.05, 0.1) is 11.8 Å². The average Bonchev–Trinajstić information content (AvgIpc) is 2.88. The van der Waals surface area contributed by atoms with Gasteiger partial charge in [0.25, 0.3) is 0 Å². The summed E-state index contributed by atoms with van der Waals surface area (Å²) in [5, 5.41) is 0. The van der Waals surface area contributed by atoms with Crippen LogP contribution in [0.5, 0.6) is 0 Å². The number of hydrogen-bond acceptors (Lipinski definition) is 4. The highest BCUT2D eigenvalue weighted by atomic mass is 16.6. The van der Waals surface area contributed by atoms with Gasteiger partial charge in [-0.25, -0.2) is 14.8 Å². The van der Waals surface area contributed by atoms with Crippen LogP contribution in [0.3, 0.4) is 0 Å². The van der Waals surface area contributed by atoms with E-state index in [1.165, 1.54) is 0 Å². The van der Waals surface area contributed by atoms with E-state index in [1.54, 1.807) is 23.5 Å². The summed E-state index contributed by atoms with van der Waals surface area (Å²) < 4.78 is 7.47. The van der Waals surface area contributed by atoms with E-state index in [2.05, 4.69) is 16.5 Å². The Morgan fingerprint density at radius 3 is 2.91 bits per heavy atom. The van der Waals surface area contributed by atoms with Crippen molar-refractivity contribution in [3.8, 4) is 0 Å². The van der Waals surface area contributed by atoms with E-state index in [0.717, 1.165) is 24.1 Å². The average molecular weight is 316 g/mol. The largest absolute Gasteiger partial charge is 0.444 e. The number of aryl methyl sites for hydroxylation is 1. The molecule has 2 heterocycles. The zero-order chi connectivity index (χ0) is 16.9. The van der Waals surface area contributed by atoms with Crippen molar-refractivity contribution in [3.05, 3.63) is 37.3 Å². The second-order valence-electron chi connectivity index (χ2n) is 6.35. The van der Waals surface area contributed by atoms with Gasteiger partial charge in [-0.1, -0.05) is 6.08 Å². The predicted octanol–water partition coefficient (Wildman–Crippen LogP) is 3.24. The van der Waals surface area contributed by atoms with E-state index in [9.17, 15) is 4.79 Å². The molecule has 2 rings (SSSR count). The molecule has 0 unspecified atom stereocenters. The first-order valence-corrected chi connectivity index (χ1v) is 7.75. The van der Waals surface area contributed by atoms with Crippen LogP contribution >= 0.6 is 0 Å². The number of hydrogen-bond donors (Lipinski definition) is 0. The molecule has 0 aliphatic heterocycles. The second kappa shape index (κ2) is 7.26. The van der Waals surface area contributed by atoms with Crippen LogP contribution in [0.2, 0.25) is 0 Å². The molecule has 6 nitrogen and oxygen atoms in total. The lowest BCUT2D eigenvalue weighted by molar-refractivity contribution is 0.0268. The summed E-state index contributed by atoms with van der Waals surface area (Å²) in [6.07, 6.45) is 5.71. The quantitative estimate of drug-likeness (QED) is 0.768. The molecular weight excluding hydrogens is 292 g/mol. The van der Waals surface area contributed by atoms with Crippen molar-refractivity contribution in [2.24, 2.45) is 0 Å². The number of aromatic nitrogens is 3. The molecule has 0 fully saturated rings. The van der Waals surface area contributed by atoms with E-state index in [0.29, 0.717) is 13.1 Å². The molecule has 0 atom stereocenters. The first-order valence-electron chi connectivity index (χ1n) is 7.75. The summed E-state index contributed by atoms with van der Waals surface area (Å²) in [5.74, 6) is 0. The summed E-state index contributed by atoms with van der Waals surface area (Å²) in [6, 6.07) is 3.88. The Hall–Kier alpha value is -2.37.